The van der Waals surface area contributed by atoms with Crippen molar-refractivity contribution in [3.8, 4) is 16.9 Å². The van der Waals surface area contributed by atoms with Gasteiger partial charge in [0.15, 0.2) is 0 Å². The number of nitrogens with one attached hydrogen (secondary N) is 1. The highest BCUT2D eigenvalue weighted by Gasteiger charge is 2.21. The summed E-state index contributed by atoms with van der Waals surface area (Å²) < 4.78 is 20.8. The van der Waals surface area contributed by atoms with Gasteiger partial charge in [0, 0.05) is 23.9 Å². The summed E-state index contributed by atoms with van der Waals surface area (Å²) in [6.07, 6.45) is 1.58. The molecule has 0 unspecified atom stereocenters. The predicted octanol–water partition coefficient (Wildman–Crippen LogP) is 4.17. The molecule has 2 aromatic carbocycles. The number of rotatable bonds is 7. The van der Waals surface area contributed by atoms with Gasteiger partial charge in [-0.3, -0.25) is 4.79 Å². The number of aromatic nitrogens is 2. The Morgan fingerprint density at radius 2 is 2.07 bits per heavy atom. The number of amides is 1. The summed E-state index contributed by atoms with van der Waals surface area (Å²) in [4.78, 5) is 17.7. The lowest BCUT2D eigenvalue weighted by Gasteiger charge is -2.13. The van der Waals surface area contributed by atoms with Gasteiger partial charge >= 0.3 is 0 Å². The van der Waals surface area contributed by atoms with Gasteiger partial charge in [-0.05, 0) is 37.6 Å². The van der Waals surface area contributed by atoms with E-state index in [1.807, 2.05) is 37.3 Å². The molecule has 3 rings (SSSR count). The largest absolute Gasteiger partial charge is 0.496 e. The second-order valence-corrected chi connectivity index (χ2v) is 6.48. The van der Waals surface area contributed by atoms with Gasteiger partial charge in [-0.2, -0.15) is 9.49 Å². The van der Waals surface area contributed by atoms with E-state index in [0.29, 0.717) is 23.7 Å². The summed E-state index contributed by atoms with van der Waals surface area (Å²) in [5.41, 5.74) is 3.13. The van der Waals surface area contributed by atoms with Crippen molar-refractivity contribution >= 4 is 17.8 Å². The van der Waals surface area contributed by atoms with Crippen LogP contribution in [0.4, 0.5) is 10.1 Å². The number of halogens is 1. The molecule has 0 spiro atoms. The number of carbonyl (C=O) groups excluding carboxylic acids is 1. The van der Waals surface area contributed by atoms with Gasteiger partial charge in [-0.25, -0.2) is 4.68 Å². The van der Waals surface area contributed by atoms with Crippen LogP contribution in [-0.4, -0.2) is 35.6 Å². The van der Waals surface area contributed by atoms with E-state index in [-0.39, 0.29) is 5.56 Å². The van der Waals surface area contributed by atoms with E-state index in [9.17, 15) is 9.18 Å². The molecule has 0 aliphatic rings. The van der Waals surface area contributed by atoms with Crippen molar-refractivity contribution < 1.29 is 18.8 Å². The first kappa shape index (κ1) is 21.0. The molecule has 0 aliphatic heterocycles. The molecule has 0 bridgehead atoms. The van der Waals surface area contributed by atoms with E-state index in [0.717, 1.165) is 21.4 Å². The molecule has 0 atom stereocenters. The average molecular weight is 410 g/mol. The lowest BCUT2D eigenvalue weighted by Crippen LogP contribution is -2.15. The van der Waals surface area contributed by atoms with Crippen LogP contribution in [0.3, 0.4) is 0 Å². The van der Waals surface area contributed by atoms with Crippen LogP contribution in [0.2, 0.25) is 0 Å². The Balaban J connectivity index is 1.94. The molecule has 0 saturated heterocycles. The molecule has 7 nitrogen and oxygen atoms in total. The predicted molar refractivity (Wildman–Crippen MR) is 114 cm³/mol. The maximum absolute atomic E-state index is 14.3. The second-order valence-electron chi connectivity index (χ2n) is 6.48. The third-order valence-electron chi connectivity index (χ3n) is 4.49. The number of para-hydroxylation sites is 1. The minimum Gasteiger partial charge on any atom is -0.496 e. The third kappa shape index (κ3) is 4.32. The van der Waals surface area contributed by atoms with Crippen LogP contribution in [-0.2, 0) is 11.9 Å². The maximum Gasteiger partial charge on any atom is 0.262 e. The SMILES string of the molecule is CCO/N=C/c1ccc(-c2ccccc2NC(=O)c2c(C)nn(C)c2F)cc1OC. The highest BCUT2D eigenvalue weighted by molar-refractivity contribution is 6.07. The topological polar surface area (TPSA) is 77.7 Å². The molecule has 0 aliphatic carbocycles. The fourth-order valence-corrected chi connectivity index (χ4v) is 3.07. The number of methoxy groups -OCH3 is 1. The van der Waals surface area contributed by atoms with Gasteiger partial charge in [0.2, 0.25) is 5.95 Å². The number of aryl methyl sites for hydroxylation is 2. The first-order valence-corrected chi connectivity index (χ1v) is 9.39. The second kappa shape index (κ2) is 9.21. The molecule has 8 heteroatoms. The zero-order valence-corrected chi connectivity index (χ0v) is 17.3. The molecule has 1 aromatic heterocycles. The summed E-state index contributed by atoms with van der Waals surface area (Å²) in [6.45, 7) is 3.92. The molecule has 1 heterocycles. The minimum atomic E-state index is -0.679. The molecule has 0 radical (unpaired) electrons. The fourth-order valence-electron chi connectivity index (χ4n) is 3.07. The van der Waals surface area contributed by atoms with Crippen molar-refractivity contribution in [2.75, 3.05) is 19.0 Å². The molecule has 0 saturated carbocycles. The highest BCUT2D eigenvalue weighted by atomic mass is 19.1. The number of nitrogens with zero attached hydrogens (tertiary/aromatic N) is 3. The van der Waals surface area contributed by atoms with E-state index in [4.69, 9.17) is 9.57 Å². The van der Waals surface area contributed by atoms with Gasteiger partial charge in [-0.1, -0.05) is 29.4 Å². The molecule has 1 N–H and O–H groups in total. The van der Waals surface area contributed by atoms with Crippen molar-refractivity contribution in [2.24, 2.45) is 12.2 Å². The lowest BCUT2D eigenvalue weighted by molar-refractivity contribution is 0.102. The van der Waals surface area contributed by atoms with E-state index in [1.165, 1.54) is 7.05 Å². The summed E-state index contributed by atoms with van der Waals surface area (Å²) in [5.74, 6) is -0.633. The van der Waals surface area contributed by atoms with E-state index in [2.05, 4.69) is 15.6 Å². The summed E-state index contributed by atoms with van der Waals surface area (Å²) >= 11 is 0. The fraction of sp³-hybridized carbons (Fsp3) is 0.227. The van der Waals surface area contributed by atoms with Gasteiger partial charge in [0.1, 0.15) is 17.9 Å². The van der Waals surface area contributed by atoms with E-state index in [1.54, 1.807) is 32.4 Å². The molecule has 0 fully saturated rings. The maximum atomic E-state index is 14.3. The molecule has 3 aromatic rings. The highest BCUT2D eigenvalue weighted by Crippen LogP contribution is 2.32. The van der Waals surface area contributed by atoms with Crippen molar-refractivity contribution in [3.05, 3.63) is 65.2 Å². The number of anilines is 1. The van der Waals surface area contributed by atoms with Crippen molar-refractivity contribution in [3.63, 3.8) is 0 Å². The number of oxime groups is 1. The Labute approximate surface area is 174 Å². The van der Waals surface area contributed by atoms with Crippen LogP contribution in [0.15, 0.2) is 47.6 Å². The molecule has 156 valence electrons. The normalized spacial score (nSPS) is 11.0. The van der Waals surface area contributed by atoms with Crippen LogP contribution in [0.5, 0.6) is 5.75 Å². The summed E-state index contributed by atoms with van der Waals surface area (Å²) in [6, 6.07) is 12.9. The first-order valence-electron chi connectivity index (χ1n) is 9.39. The Morgan fingerprint density at radius 3 is 2.73 bits per heavy atom. The third-order valence-corrected chi connectivity index (χ3v) is 4.49. The minimum absolute atomic E-state index is 0.0765. The average Bonchev–Trinajstić information content (AvgIpc) is 3.00. The van der Waals surface area contributed by atoms with Crippen LogP contribution >= 0.6 is 0 Å². The molecular weight excluding hydrogens is 387 g/mol. The van der Waals surface area contributed by atoms with Crippen molar-refractivity contribution in [1.29, 1.82) is 0 Å². The Morgan fingerprint density at radius 1 is 1.30 bits per heavy atom. The zero-order valence-electron chi connectivity index (χ0n) is 17.3. The standard InChI is InChI=1S/C22H23FN4O3/c1-5-30-24-13-16-11-10-15(12-19(16)29-4)17-8-6-7-9-18(17)25-22(28)20-14(2)26-27(3)21(20)23/h6-13H,5H2,1-4H3,(H,25,28)/b24-13+. The van der Waals surface area contributed by atoms with E-state index < -0.39 is 11.9 Å². The van der Waals surface area contributed by atoms with Gasteiger partial charge < -0.3 is 14.9 Å². The summed E-state index contributed by atoms with van der Waals surface area (Å²) in [5, 5.41) is 10.6. The number of hydrogen-bond acceptors (Lipinski definition) is 5. The number of ether oxygens (including phenoxy) is 1. The number of carbonyl (C=O) groups is 1. The number of benzene rings is 2. The quantitative estimate of drug-likeness (QED) is 0.469. The molecular formula is C22H23FN4O3. The van der Waals surface area contributed by atoms with Crippen LogP contribution in [0.1, 0.15) is 28.5 Å². The molecule has 30 heavy (non-hydrogen) atoms. The van der Waals surface area contributed by atoms with Crippen molar-refractivity contribution in [1.82, 2.24) is 9.78 Å². The molecule has 1 amide bonds. The van der Waals surface area contributed by atoms with Crippen LogP contribution < -0.4 is 10.1 Å². The lowest BCUT2D eigenvalue weighted by atomic mass is 10.0. The van der Waals surface area contributed by atoms with E-state index >= 15 is 0 Å². The van der Waals surface area contributed by atoms with Gasteiger partial charge in [0.05, 0.1) is 19.0 Å². The summed E-state index contributed by atoms with van der Waals surface area (Å²) in [7, 11) is 3.02. The van der Waals surface area contributed by atoms with Gasteiger partial charge in [0.25, 0.3) is 5.91 Å². The number of hydrogen-bond donors (Lipinski definition) is 1. The van der Waals surface area contributed by atoms with Gasteiger partial charge in [-0.15, -0.1) is 0 Å². The first-order chi connectivity index (χ1) is 14.5. The Bertz CT molecular complexity index is 1090. The van der Waals surface area contributed by atoms with Crippen LogP contribution in [0, 0.1) is 12.9 Å². The Kier molecular flexibility index (Phi) is 6.46. The van der Waals surface area contributed by atoms with Crippen molar-refractivity contribution in [2.45, 2.75) is 13.8 Å². The van der Waals surface area contributed by atoms with Crippen LogP contribution in [0.25, 0.3) is 11.1 Å². The zero-order chi connectivity index (χ0) is 21.7. The monoisotopic (exact) mass is 410 g/mol. The Hall–Kier alpha value is -3.68. The smallest absolute Gasteiger partial charge is 0.262 e.